The number of nitrogens with zero attached hydrogens (tertiary/aromatic N) is 2. The summed E-state index contributed by atoms with van der Waals surface area (Å²) in [4.78, 5) is 19.4. The number of carbonyl (C=O) groups is 1. The van der Waals surface area contributed by atoms with E-state index in [1.54, 1.807) is 6.26 Å². The van der Waals surface area contributed by atoms with Gasteiger partial charge < -0.3 is 19.4 Å². The van der Waals surface area contributed by atoms with Crippen LogP contribution in [-0.2, 0) is 4.74 Å². The maximum atomic E-state index is 13.0. The number of ether oxygens (including phenoxy) is 1. The second-order valence-electron chi connectivity index (χ2n) is 8.50. The van der Waals surface area contributed by atoms with Crippen molar-refractivity contribution in [1.29, 1.82) is 0 Å². The van der Waals surface area contributed by atoms with E-state index in [1.807, 2.05) is 31.2 Å². The Balaban J connectivity index is 1.27. The van der Waals surface area contributed by atoms with E-state index < -0.39 is 0 Å². The molecule has 3 aliphatic rings. The highest BCUT2D eigenvalue weighted by molar-refractivity contribution is 5.90. The van der Waals surface area contributed by atoms with Crippen LogP contribution >= 0.6 is 0 Å². The van der Waals surface area contributed by atoms with Crippen LogP contribution < -0.4 is 5.32 Å². The molecule has 0 bridgehead atoms. The second kappa shape index (κ2) is 6.92. The van der Waals surface area contributed by atoms with E-state index in [0.29, 0.717) is 23.3 Å². The summed E-state index contributed by atoms with van der Waals surface area (Å²) < 4.78 is 10.8. The van der Waals surface area contributed by atoms with Gasteiger partial charge in [-0.05, 0) is 43.7 Å². The normalized spacial score (nSPS) is 23.9. The van der Waals surface area contributed by atoms with Crippen LogP contribution in [0.15, 0.2) is 34.9 Å². The molecule has 2 saturated heterocycles. The summed E-state index contributed by atoms with van der Waals surface area (Å²) in [5, 5.41) is 3.09. The smallest absolute Gasteiger partial charge is 0.322 e. The monoisotopic (exact) mass is 381 g/mol. The van der Waals surface area contributed by atoms with E-state index in [2.05, 4.69) is 15.2 Å². The van der Waals surface area contributed by atoms with Crippen molar-refractivity contribution in [2.45, 2.75) is 45.1 Å². The van der Waals surface area contributed by atoms with Gasteiger partial charge in [-0.3, -0.25) is 0 Å². The van der Waals surface area contributed by atoms with Gasteiger partial charge in [0.2, 0.25) is 0 Å². The fourth-order valence-electron chi connectivity index (χ4n) is 5.23. The van der Waals surface area contributed by atoms with Crippen LogP contribution in [0.2, 0.25) is 0 Å². The molecule has 28 heavy (non-hydrogen) atoms. The van der Waals surface area contributed by atoms with Crippen molar-refractivity contribution in [1.82, 2.24) is 9.88 Å². The fourth-order valence-corrected chi connectivity index (χ4v) is 5.23. The highest BCUT2D eigenvalue weighted by Gasteiger charge is 2.59. The number of urea groups is 1. The molecule has 148 valence electrons. The molecule has 2 amide bonds. The van der Waals surface area contributed by atoms with Gasteiger partial charge >= 0.3 is 6.03 Å². The predicted octanol–water partition coefficient (Wildman–Crippen LogP) is 4.46. The Labute approximate surface area is 165 Å². The molecule has 6 nitrogen and oxygen atoms in total. The fraction of sp³-hybridized carbons (Fsp3) is 0.545. The number of oxazole rings is 1. The minimum absolute atomic E-state index is 0.0269. The first-order valence-corrected chi connectivity index (χ1v) is 10.3. The maximum absolute atomic E-state index is 13.0. The third-order valence-corrected chi connectivity index (χ3v) is 6.82. The van der Waals surface area contributed by atoms with Gasteiger partial charge in [0, 0.05) is 49.4 Å². The summed E-state index contributed by atoms with van der Waals surface area (Å²) in [5.41, 5.74) is 2.99. The number of amides is 2. The van der Waals surface area contributed by atoms with Gasteiger partial charge in [0.05, 0.1) is 0 Å². The largest absolute Gasteiger partial charge is 0.449 e. The van der Waals surface area contributed by atoms with Gasteiger partial charge in [0.1, 0.15) is 12.0 Å². The van der Waals surface area contributed by atoms with Crippen LogP contribution in [0.1, 0.15) is 38.0 Å². The number of rotatable bonds is 3. The van der Waals surface area contributed by atoms with Gasteiger partial charge in [-0.25, -0.2) is 9.78 Å². The molecule has 1 spiro atoms. The van der Waals surface area contributed by atoms with Crippen LogP contribution in [0.5, 0.6) is 0 Å². The summed E-state index contributed by atoms with van der Waals surface area (Å²) in [7, 11) is 0. The Hall–Kier alpha value is -2.34. The number of benzene rings is 1. The molecular weight excluding hydrogens is 354 g/mol. The molecule has 3 heterocycles. The van der Waals surface area contributed by atoms with Crippen LogP contribution in [0.3, 0.4) is 0 Å². The van der Waals surface area contributed by atoms with Crippen molar-refractivity contribution in [3.63, 3.8) is 0 Å². The van der Waals surface area contributed by atoms with E-state index in [4.69, 9.17) is 9.15 Å². The molecule has 2 aliphatic heterocycles. The molecule has 3 fully saturated rings. The summed E-state index contributed by atoms with van der Waals surface area (Å²) >= 11 is 0. The van der Waals surface area contributed by atoms with E-state index >= 15 is 0 Å². The molecule has 1 aromatic carbocycles. The van der Waals surface area contributed by atoms with Crippen molar-refractivity contribution >= 4 is 11.7 Å². The molecule has 1 saturated carbocycles. The summed E-state index contributed by atoms with van der Waals surface area (Å²) in [5.74, 6) is 1.22. The Kier molecular flexibility index (Phi) is 4.38. The topological polar surface area (TPSA) is 67.6 Å². The minimum Gasteiger partial charge on any atom is -0.449 e. The highest BCUT2D eigenvalue weighted by atomic mass is 16.5. The molecule has 2 aromatic rings. The molecule has 1 aliphatic carbocycles. The third kappa shape index (κ3) is 3.00. The Morgan fingerprint density at radius 3 is 2.57 bits per heavy atom. The van der Waals surface area contributed by atoms with E-state index in [1.165, 1.54) is 19.3 Å². The number of nitrogens with one attached hydrogen (secondary N) is 1. The quantitative estimate of drug-likeness (QED) is 0.852. The average molecular weight is 381 g/mol. The lowest BCUT2D eigenvalue weighted by molar-refractivity contribution is -0.135. The van der Waals surface area contributed by atoms with E-state index in [-0.39, 0.29) is 6.03 Å². The minimum atomic E-state index is 0.0269. The predicted molar refractivity (Wildman–Crippen MR) is 106 cm³/mol. The van der Waals surface area contributed by atoms with Crippen LogP contribution in [0, 0.1) is 18.3 Å². The molecule has 1 atom stereocenters. The first-order valence-electron chi connectivity index (χ1n) is 10.3. The number of anilines is 1. The first-order chi connectivity index (χ1) is 13.6. The molecule has 1 unspecified atom stereocenters. The van der Waals surface area contributed by atoms with E-state index in [0.717, 1.165) is 49.5 Å². The summed E-state index contributed by atoms with van der Waals surface area (Å²) in [6, 6.07) is 8.19. The van der Waals surface area contributed by atoms with Gasteiger partial charge in [0.15, 0.2) is 5.89 Å². The molecule has 1 aromatic heterocycles. The summed E-state index contributed by atoms with van der Waals surface area (Å²) in [6.45, 7) is 4.39. The average Bonchev–Trinajstić information content (AvgIpc) is 3.08. The van der Waals surface area contributed by atoms with Crippen LogP contribution in [0.4, 0.5) is 10.5 Å². The van der Waals surface area contributed by atoms with Crippen molar-refractivity contribution < 1.29 is 13.9 Å². The Morgan fingerprint density at radius 1 is 1.21 bits per heavy atom. The number of likely N-dealkylation sites (tertiary alicyclic amines) is 1. The Bertz CT molecular complexity index is 850. The summed E-state index contributed by atoms with van der Waals surface area (Å²) in [6.07, 6.45) is 7.64. The zero-order valence-corrected chi connectivity index (χ0v) is 16.3. The molecule has 6 heteroatoms. The van der Waals surface area contributed by atoms with Crippen molar-refractivity contribution in [2.75, 3.05) is 25.1 Å². The van der Waals surface area contributed by atoms with Gasteiger partial charge in [-0.15, -0.1) is 0 Å². The number of aryl methyl sites for hydroxylation is 1. The van der Waals surface area contributed by atoms with Crippen molar-refractivity contribution in [3.8, 4) is 11.3 Å². The Morgan fingerprint density at radius 2 is 1.96 bits per heavy atom. The third-order valence-electron chi connectivity index (χ3n) is 6.82. The lowest BCUT2D eigenvalue weighted by atomic mass is 9.54. The molecule has 1 N–H and O–H groups in total. The number of hydrogen-bond acceptors (Lipinski definition) is 4. The molecular formula is C22H27N3O3. The maximum Gasteiger partial charge on any atom is 0.322 e. The van der Waals surface area contributed by atoms with Gasteiger partial charge in [-0.1, -0.05) is 18.6 Å². The van der Waals surface area contributed by atoms with Gasteiger partial charge in [-0.2, -0.15) is 0 Å². The van der Waals surface area contributed by atoms with Crippen LogP contribution in [-0.4, -0.2) is 41.7 Å². The number of carbonyl (C=O) groups excluding carboxylic acids is 1. The number of aromatic nitrogens is 1. The molecule has 5 rings (SSSR count). The van der Waals surface area contributed by atoms with Crippen LogP contribution in [0.25, 0.3) is 11.3 Å². The number of hydrogen-bond donors (Lipinski definition) is 1. The lowest BCUT2D eigenvalue weighted by Crippen LogP contribution is -2.72. The zero-order chi connectivity index (χ0) is 19.1. The molecule has 0 radical (unpaired) electrons. The zero-order valence-electron chi connectivity index (χ0n) is 16.3. The van der Waals surface area contributed by atoms with Crippen molar-refractivity contribution in [2.24, 2.45) is 11.3 Å². The van der Waals surface area contributed by atoms with Crippen molar-refractivity contribution in [3.05, 3.63) is 36.4 Å². The highest BCUT2D eigenvalue weighted by Crippen LogP contribution is 2.56. The standard InChI is InChI=1S/C22H27N3O3/c1-15-23-19(13-28-15)16-3-5-18(6-4-16)24-21(26)25-14-22(9-2-10-22)20(25)17-7-11-27-12-8-17/h3-6,13,17,20H,2,7-12,14H2,1H3,(H,24,26). The second-order valence-corrected chi connectivity index (χ2v) is 8.50. The lowest BCUT2D eigenvalue weighted by Gasteiger charge is -2.64. The van der Waals surface area contributed by atoms with Gasteiger partial charge in [0.25, 0.3) is 0 Å². The SMILES string of the molecule is Cc1nc(-c2ccc(NC(=O)N3CC4(CCC4)C3C3CCOCC3)cc2)co1. The first kappa shape index (κ1) is 17.7. The van der Waals surface area contributed by atoms with E-state index in [9.17, 15) is 4.79 Å².